The quantitative estimate of drug-likeness (QED) is 0.296. The fourth-order valence-corrected chi connectivity index (χ4v) is 4.23. The molecule has 0 atom stereocenters. The molecule has 0 saturated heterocycles. The van der Waals surface area contributed by atoms with Gasteiger partial charge in [0.15, 0.2) is 0 Å². The van der Waals surface area contributed by atoms with Crippen LogP contribution in [0.3, 0.4) is 0 Å². The second-order valence-corrected chi connectivity index (χ2v) is 7.87. The van der Waals surface area contributed by atoms with E-state index in [1.54, 1.807) is 0 Å². The number of halogens is 1. The zero-order valence-corrected chi connectivity index (χ0v) is 16.4. The summed E-state index contributed by atoms with van der Waals surface area (Å²) in [7, 11) is -2.56. The molecule has 1 aliphatic rings. The number of non-ortho nitro benzene ring substituents is 1. The van der Waals surface area contributed by atoms with Gasteiger partial charge in [-0.25, -0.2) is 13.1 Å². The maximum Gasteiger partial charge on any atom is 0.271 e. The average molecular weight is 408 g/mol. The van der Waals surface area contributed by atoms with Crippen LogP contribution in [0.1, 0.15) is 38.5 Å². The first-order valence-electron chi connectivity index (χ1n) is 8.49. The maximum absolute atomic E-state index is 12.5. The first kappa shape index (κ1) is 22.6. The van der Waals surface area contributed by atoms with Crippen molar-refractivity contribution in [1.82, 2.24) is 10.0 Å². The normalized spacial score (nSPS) is 15.7. The predicted molar refractivity (Wildman–Crippen MR) is 102 cm³/mol. The minimum atomic E-state index is -3.89. The fourth-order valence-electron chi connectivity index (χ4n) is 3.01. The number of nitro benzene ring substituents is 1. The molecule has 2 N–H and O–H groups in total. The molecular weight excluding hydrogens is 382 g/mol. The Kier molecular flexibility index (Phi) is 9.28. The van der Waals surface area contributed by atoms with Gasteiger partial charge in [-0.3, -0.25) is 10.1 Å². The highest BCUT2D eigenvalue weighted by molar-refractivity contribution is 7.89. The van der Waals surface area contributed by atoms with E-state index < -0.39 is 14.9 Å². The molecule has 1 aliphatic carbocycles. The van der Waals surface area contributed by atoms with E-state index in [2.05, 4.69) is 10.0 Å². The molecule has 0 aromatic heterocycles. The molecule has 0 bridgehead atoms. The van der Waals surface area contributed by atoms with E-state index >= 15 is 0 Å². The van der Waals surface area contributed by atoms with Gasteiger partial charge in [0.2, 0.25) is 10.0 Å². The molecule has 1 saturated carbocycles. The number of ether oxygens (including phenoxy) is 1. The summed E-state index contributed by atoms with van der Waals surface area (Å²) >= 11 is 0. The molecular formula is C16H26ClN3O5S. The van der Waals surface area contributed by atoms with Gasteiger partial charge in [0.25, 0.3) is 5.69 Å². The van der Waals surface area contributed by atoms with E-state index in [0.717, 1.165) is 18.9 Å². The first-order chi connectivity index (χ1) is 11.9. The number of hydrogen-bond donors (Lipinski definition) is 2. The molecule has 0 aliphatic heterocycles. The molecule has 26 heavy (non-hydrogen) atoms. The standard InChI is InChI=1S/C16H25N3O5S.ClH/c1-24-15-9-8-14(19(20)21)12-16(15)25(22,23)18-11-10-17-13-6-4-2-3-5-7-13;/h8-9,12-13,17-18H,2-7,10-11H2,1H3;1H. The fraction of sp³-hybridized carbons (Fsp3) is 0.625. The molecule has 0 amide bonds. The van der Waals surface area contributed by atoms with Gasteiger partial charge in [-0.05, 0) is 18.9 Å². The summed E-state index contributed by atoms with van der Waals surface area (Å²) < 4.78 is 32.4. The van der Waals surface area contributed by atoms with Crippen molar-refractivity contribution in [2.75, 3.05) is 20.2 Å². The van der Waals surface area contributed by atoms with Gasteiger partial charge >= 0.3 is 0 Å². The lowest BCUT2D eigenvalue weighted by molar-refractivity contribution is -0.385. The van der Waals surface area contributed by atoms with Crippen LogP contribution in [0.4, 0.5) is 5.69 Å². The van der Waals surface area contributed by atoms with Crippen molar-refractivity contribution < 1.29 is 18.1 Å². The Hall–Kier alpha value is -1.42. The molecule has 0 heterocycles. The van der Waals surface area contributed by atoms with Crippen molar-refractivity contribution in [2.24, 2.45) is 0 Å². The molecule has 0 spiro atoms. The molecule has 1 aromatic carbocycles. The van der Waals surface area contributed by atoms with Gasteiger partial charge < -0.3 is 10.1 Å². The van der Waals surface area contributed by atoms with Gasteiger partial charge in [0.05, 0.1) is 12.0 Å². The Morgan fingerprint density at radius 2 is 1.85 bits per heavy atom. The zero-order valence-electron chi connectivity index (χ0n) is 14.8. The van der Waals surface area contributed by atoms with Crippen LogP contribution in [0.25, 0.3) is 0 Å². The summed E-state index contributed by atoms with van der Waals surface area (Å²) in [6.45, 7) is 0.728. The number of rotatable bonds is 8. The Labute approximate surface area is 160 Å². The van der Waals surface area contributed by atoms with Crippen LogP contribution in [0.5, 0.6) is 5.75 Å². The summed E-state index contributed by atoms with van der Waals surface area (Å²) in [5.74, 6) is 0.0785. The zero-order chi connectivity index (χ0) is 18.3. The van der Waals surface area contributed by atoms with Crippen molar-refractivity contribution in [3.63, 3.8) is 0 Å². The van der Waals surface area contributed by atoms with Crippen LogP contribution in [0, 0.1) is 10.1 Å². The monoisotopic (exact) mass is 407 g/mol. The van der Waals surface area contributed by atoms with E-state index in [4.69, 9.17) is 4.74 Å². The molecule has 8 nitrogen and oxygen atoms in total. The highest BCUT2D eigenvalue weighted by atomic mass is 35.5. The summed E-state index contributed by atoms with van der Waals surface area (Å²) in [6, 6.07) is 3.95. The van der Waals surface area contributed by atoms with E-state index in [-0.39, 0.29) is 35.3 Å². The SMILES string of the molecule is COc1ccc([N+](=O)[O-])cc1S(=O)(=O)NCCNC1CCCCCC1.Cl. The van der Waals surface area contributed by atoms with Crippen LogP contribution >= 0.6 is 12.4 Å². The van der Waals surface area contributed by atoms with Gasteiger partial charge in [0, 0.05) is 31.3 Å². The van der Waals surface area contributed by atoms with Crippen LogP contribution < -0.4 is 14.8 Å². The molecule has 1 fully saturated rings. The number of nitrogens with zero attached hydrogens (tertiary/aromatic N) is 1. The van der Waals surface area contributed by atoms with E-state index in [0.29, 0.717) is 12.6 Å². The number of methoxy groups -OCH3 is 1. The Bertz CT molecular complexity index is 691. The lowest BCUT2D eigenvalue weighted by Crippen LogP contribution is -2.37. The molecule has 2 rings (SSSR count). The number of hydrogen-bond acceptors (Lipinski definition) is 6. The Balaban J connectivity index is 0.00000338. The highest BCUT2D eigenvalue weighted by Crippen LogP contribution is 2.27. The Morgan fingerprint density at radius 1 is 1.19 bits per heavy atom. The molecule has 1 aromatic rings. The third-order valence-corrected chi connectivity index (χ3v) is 5.84. The predicted octanol–water partition coefficient (Wildman–Crippen LogP) is 2.62. The highest BCUT2D eigenvalue weighted by Gasteiger charge is 2.23. The van der Waals surface area contributed by atoms with Crippen molar-refractivity contribution in [2.45, 2.75) is 49.5 Å². The van der Waals surface area contributed by atoms with Crippen LogP contribution in [0.2, 0.25) is 0 Å². The van der Waals surface area contributed by atoms with Crippen LogP contribution in [-0.4, -0.2) is 39.6 Å². The van der Waals surface area contributed by atoms with Crippen LogP contribution in [0.15, 0.2) is 23.1 Å². The van der Waals surface area contributed by atoms with E-state index in [1.807, 2.05) is 0 Å². The number of nitro groups is 1. The minimum Gasteiger partial charge on any atom is -0.495 e. The summed E-state index contributed by atoms with van der Waals surface area (Å²) in [4.78, 5) is 10.0. The third kappa shape index (κ3) is 6.39. The van der Waals surface area contributed by atoms with Crippen molar-refractivity contribution in [3.05, 3.63) is 28.3 Å². The summed E-state index contributed by atoms with van der Waals surface area (Å²) in [6.07, 6.45) is 7.16. The first-order valence-corrected chi connectivity index (χ1v) is 9.98. The van der Waals surface area contributed by atoms with Crippen molar-refractivity contribution >= 4 is 28.1 Å². The smallest absolute Gasteiger partial charge is 0.271 e. The number of nitrogens with one attached hydrogen (secondary N) is 2. The topological polar surface area (TPSA) is 111 Å². The van der Waals surface area contributed by atoms with Gasteiger partial charge in [-0.2, -0.15) is 0 Å². The van der Waals surface area contributed by atoms with Gasteiger partial charge in [-0.15, -0.1) is 12.4 Å². The van der Waals surface area contributed by atoms with E-state index in [9.17, 15) is 18.5 Å². The largest absolute Gasteiger partial charge is 0.495 e. The number of benzene rings is 1. The Morgan fingerprint density at radius 3 is 2.42 bits per heavy atom. The third-order valence-electron chi connectivity index (χ3n) is 4.35. The second kappa shape index (κ2) is 10.7. The molecule has 10 heteroatoms. The summed E-state index contributed by atoms with van der Waals surface area (Å²) in [5.41, 5.74) is -0.294. The average Bonchev–Trinajstić information content (AvgIpc) is 2.87. The maximum atomic E-state index is 12.5. The minimum absolute atomic E-state index is 0. The van der Waals surface area contributed by atoms with Crippen molar-refractivity contribution in [1.29, 1.82) is 0 Å². The summed E-state index contributed by atoms with van der Waals surface area (Å²) in [5, 5.41) is 14.3. The van der Waals surface area contributed by atoms with Gasteiger partial charge in [0.1, 0.15) is 10.6 Å². The van der Waals surface area contributed by atoms with Gasteiger partial charge in [-0.1, -0.05) is 25.7 Å². The second-order valence-electron chi connectivity index (χ2n) is 6.13. The molecule has 0 unspecified atom stereocenters. The lowest BCUT2D eigenvalue weighted by Gasteiger charge is -2.16. The molecule has 0 radical (unpaired) electrons. The van der Waals surface area contributed by atoms with Crippen molar-refractivity contribution in [3.8, 4) is 5.75 Å². The molecule has 148 valence electrons. The number of sulfonamides is 1. The van der Waals surface area contributed by atoms with E-state index in [1.165, 1.54) is 44.9 Å². The van der Waals surface area contributed by atoms with Crippen LogP contribution in [-0.2, 0) is 10.0 Å². The lowest BCUT2D eigenvalue weighted by atomic mass is 10.1.